The average molecular weight is 343 g/mol. The van der Waals surface area contributed by atoms with Gasteiger partial charge in [-0.15, -0.1) is 12.4 Å². The van der Waals surface area contributed by atoms with E-state index in [1.54, 1.807) is 6.07 Å². The molecule has 1 N–H and O–H groups in total. The van der Waals surface area contributed by atoms with Crippen LogP contribution in [0.4, 0.5) is 8.78 Å². The number of hydrogen-bond acceptors (Lipinski definition) is 2. The van der Waals surface area contributed by atoms with E-state index in [1.165, 1.54) is 12.5 Å². The third-order valence-corrected chi connectivity index (χ3v) is 5.32. The fourth-order valence-corrected chi connectivity index (χ4v) is 4.00. The maximum atomic E-state index is 13.8. The van der Waals surface area contributed by atoms with Crippen molar-refractivity contribution >= 4 is 18.3 Å². The first-order valence-corrected chi connectivity index (χ1v) is 8.12. The molecule has 6 heteroatoms. The zero-order valence-electron chi connectivity index (χ0n) is 12.8. The van der Waals surface area contributed by atoms with Crippen LogP contribution in [-0.2, 0) is 4.79 Å². The number of carbonyl (C=O) groups excluding carboxylic acids is 1. The van der Waals surface area contributed by atoms with Crippen molar-refractivity contribution in [2.24, 2.45) is 5.92 Å². The minimum Gasteiger partial charge on any atom is -0.341 e. The second-order valence-electron chi connectivity index (χ2n) is 6.80. The van der Waals surface area contributed by atoms with Crippen LogP contribution in [0.2, 0.25) is 0 Å². The highest BCUT2D eigenvalue weighted by atomic mass is 35.5. The summed E-state index contributed by atoms with van der Waals surface area (Å²) in [5.74, 6) is -1.83. The highest BCUT2D eigenvalue weighted by Crippen LogP contribution is 2.49. The third-order valence-electron chi connectivity index (χ3n) is 5.32. The van der Waals surface area contributed by atoms with Crippen LogP contribution >= 0.6 is 12.4 Å². The summed E-state index contributed by atoms with van der Waals surface area (Å²) in [6.07, 6.45) is 3.96. The first-order chi connectivity index (χ1) is 10.6. The van der Waals surface area contributed by atoms with Crippen LogP contribution in [0.15, 0.2) is 18.2 Å². The minimum atomic E-state index is -0.827. The fourth-order valence-electron chi connectivity index (χ4n) is 4.00. The van der Waals surface area contributed by atoms with Gasteiger partial charge in [-0.3, -0.25) is 4.79 Å². The van der Waals surface area contributed by atoms with Crippen LogP contribution in [0.3, 0.4) is 0 Å². The summed E-state index contributed by atoms with van der Waals surface area (Å²) < 4.78 is 27.2. The molecule has 0 spiro atoms. The number of fused-ring (bicyclic) bond motifs is 2. The van der Waals surface area contributed by atoms with Crippen molar-refractivity contribution in [2.45, 2.75) is 43.7 Å². The number of nitrogens with zero attached hydrogens (tertiary/aromatic N) is 1. The van der Waals surface area contributed by atoms with E-state index in [4.69, 9.17) is 0 Å². The third kappa shape index (κ3) is 3.09. The Balaban J connectivity index is 0.00000156. The summed E-state index contributed by atoms with van der Waals surface area (Å²) in [6.45, 7) is 1.53. The SMILES string of the molecule is Cl.O=C(C1CC1c1cccc(F)c1F)N1CCC2CCC(C1)N2. The number of carbonyl (C=O) groups is 1. The molecule has 4 rings (SSSR count). The fraction of sp³-hybridized carbons (Fsp3) is 0.588. The molecule has 3 fully saturated rings. The van der Waals surface area contributed by atoms with Gasteiger partial charge in [-0.05, 0) is 43.2 Å². The van der Waals surface area contributed by atoms with Crippen LogP contribution in [0.25, 0.3) is 0 Å². The summed E-state index contributed by atoms with van der Waals surface area (Å²) in [6, 6.07) is 5.18. The van der Waals surface area contributed by atoms with Gasteiger partial charge in [0.25, 0.3) is 0 Å². The quantitative estimate of drug-likeness (QED) is 0.896. The van der Waals surface area contributed by atoms with Gasteiger partial charge in [-0.2, -0.15) is 0 Å². The van der Waals surface area contributed by atoms with E-state index < -0.39 is 11.6 Å². The molecule has 2 heterocycles. The number of likely N-dealkylation sites (tertiary alicyclic amines) is 1. The molecule has 1 saturated carbocycles. The molecule has 0 radical (unpaired) electrons. The number of benzene rings is 1. The van der Waals surface area contributed by atoms with E-state index in [9.17, 15) is 13.6 Å². The molecule has 1 aliphatic carbocycles. The summed E-state index contributed by atoms with van der Waals surface area (Å²) in [4.78, 5) is 14.6. The summed E-state index contributed by atoms with van der Waals surface area (Å²) in [5.41, 5.74) is 0.354. The van der Waals surface area contributed by atoms with Gasteiger partial charge in [-0.1, -0.05) is 12.1 Å². The van der Waals surface area contributed by atoms with Crippen molar-refractivity contribution in [1.29, 1.82) is 0 Å². The number of halogens is 3. The van der Waals surface area contributed by atoms with Crippen molar-refractivity contribution in [2.75, 3.05) is 13.1 Å². The van der Waals surface area contributed by atoms with Gasteiger partial charge in [0.1, 0.15) is 0 Å². The van der Waals surface area contributed by atoms with E-state index in [1.807, 2.05) is 4.90 Å². The van der Waals surface area contributed by atoms with Crippen LogP contribution in [0.5, 0.6) is 0 Å². The standard InChI is InChI=1S/C17H20F2N2O.ClH/c18-15-3-1-2-12(16(15)19)13-8-14(13)17(22)21-7-6-10-4-5-11(9-21)20-10;/h1-3,10-11,13-14,20H,4-9H2;1H. The smallest absolute Gasteiger partial charge is 0.226 e. The van der Waals surface area contributed by atoms with E-state index in [0.717, 1.165) is 32.0 Å². The molecule has 2 aliphatic heterocycles. The first-order valence-electron chi connectivity index (χ1n) is 8.12. The molecule has 3 nitrogen and oxygen atoms in total. The van der Waals surface area contributed by atoms with E-state index in [0.29, 0.717) is 24.1 Å². The summed E-state index contributed by atoms with van der Waals surface area (Å²) in [5, 5.41) is 3.55. The maximum Gasteiger partial charge on any atom is 0.226 e. The van der Waals surface area contributed by atoms with Gasteiger partial charge in [0, 0.05) is 31.1 Å². The Hall–Kier alpha value is -1.20. The Morgan fingerprint density at radius 3 is 2.78 bits per heavy atom. The molecule has 1 aromatic carbocycles. The molecule has 2 bridgehead atoms. The highest BCUT2D eigenvalue weighted by Gasteiger charge is 2.48. The lowest BCUT2D eigenvalue weighted by molar-refractivity contribution is -0.132. The van der Waals surface area contributed by atoms with Crippen LogP contribution < -0.4 is 5.32 Å². The molecule has 4 atom stereocenters. The van der Waals surface area contributed by atoms with Gasteiger partial charge < -0.3 is 10.2 Å². The summed E-state index contributed by atoms with van der Waals surface area (Å²) >= 11 is 0. The zero-order chi connectivity index (χ0) is 15.3. The maximum absolute atomic E-state index is 13.8. The van der Waals surface area contributed by atoms with Gasteiger partial charge >= 0.3 is 0 Å². The molecule has 2 saturated heterocycles. The van der Waals surface area contributed by atoms with Crippen molar-refractivity contribution in [1.82, 2.24) is 10.2 Å². The van der Waals surface area contributed by atoms with E-state index in [2.05, 4.69) is 5.32 Å². The molecular formula is C17H21ClF2N2O. The van der Waals surface area contributed by atoms with Crippen molar-refractivity contribution in [3.05, 3.63) is 35.4 Å². The predicted octanol–water partition coefficient (Wildman–Crippen LogP) is 2.84. The minimum absolute atomic E-state index is 0. The van der Waals surface area contributed by atoms with Gasteiger partial charge in [0.15, 0.2) is 11.6 Å². The van der Waals surface area contributed by atoms with Gasteiger partial charge in [-0.25, -0.2) is 8.78 Å². The zero-order valence-corrected chi connectivity index (χ0v) is 13.6. The van der Waals surface area contributed by atoms with E-state index in [-0.39, 0.29) is 30.2 Å². The molecule has 3 aliphatic rings. The number of nitrogens with one attached hydrogen (secondary N) is 1. The number of hydrogen-bond donors (Lipinski definition) is 1. The second-order valence-corrected chi connectivity index (χ2v) is 6.80. The van der Waals surface area contributed by atoms with Crippen LogP contribution in [0, 0.1) is 17.6 Å². The van der Waals surface area contributed by atoms with E-state index >= 15 is 0 Å². The molecule has 1 aromatic rings. The van der Waals surface area contributed by atoms with Crippen LogP contribution in [0.1, 0.15) is 37.2 Å². The first kappa shape index (κ1) is 16.7. The van der Waals surface area contributed by atoms with Gasteiger partial charge in [0.05, 0.1) is 0 Å². The van der Waals surface area contributed by atoms with Gasteiger partial charge in [0.2, 0.25) is 5.91 Å². The Morgan fingerprint density at radius 1 is 1.17 bits per heavy atom. The monoisotopic (exact) mass is 342 g/mol. The Labute approximate surface area is 140 Å². The Bertz CT molecular complexity index is 612. The molecular weight excluding hydrogens is 322 g/mol. The van der Waals surface area contributed by atoms with Crippen molar-refractivity contribution < 1.29 is 13.6 Å². The van der Waals surface area contributed by atoms with Crippen LogP contribution in [-0.4, -0.2) is 36.0 Å². The molecule has 126 valence electrons. The molecule has 0 aromatic heterocycles. The lowest BCUT2D eigenvalue weighted by atomic mass is 10.1. The lowest BCUT2D eigenvalue weighted by Crippen LogP contribution is -2.40. The highest BCUT2D eigenvalue weighted by molar-refractivity contribution is 5.85. The molecule has 4 unspecified atom stereocenters. The lowest BCUT2D eigenvalue weighted by Gasteiger charge is -2.24. The Kier molecular flexibility index (Phi) is 4.61. The second kappa shape index (κ2) is 6.36. The summed E-state index contributed by atoms with van der Waals surface area (Å²) in [7, 11) is 0. The Morgan fingerprint density at radius 2 is 1.96 bits per heavy atom. The normalized spacial score (nSPS) is 32.2. The number of rotatable bonds is 2. The number of amides is 1. The molecule has 1 amide bonds. The van der Waals surface area contributed by atoms with Crippen molar-refractivity contribution in [3.8, 4) is 0 Å². The van der Waals surface area contributed by atoms with Crippen molar-refractivity contribution in [3.63, 3.8) is 0 Å². The molecule has 23 heavy (non-hydrogen) atoms. The largest absolute Gasteiger partial charge is 0.341 e. The predicted molar refractivity (Wildman–Crippen MR) is 85.6 cm³/mol. The topological polar surface area (TPSA) is 32.3 Å². The average Bonchev–Trinajstić information content (AvgIpc) is 3.20.